The first-order chi connectivity index (χ1) is 17.0. The summed E-state index contributed by atoms with van der Waals surface area (Å²) in [7, 11) is 3.61. The average Bonchev–Trinajstić information content (AvgIpc) is 2.89. The number of anilines is 1. The molecule has 0 saturated heterocycles. The monoisotopic (exact) mass is 524 g/mol. The molecule has 3 aromatic carbocycles. The van der Waals surface area contributed by atoms with Gasteiger partial charge in [0.05, 0.1) is 18.6 Å². The number of ether oxygens (including phenoxy) is 1. The van der Waals surface area contributed by atoms with E-state index >= 15 is 0 Å². The highest BCUT2D eigenvalue weighted by molar-refractivity contribution is 7.97. The number of hydrogen-bond acceptors (Lipinski definition) is 4. The highest BCUT2D eigenvalue weighted by atomic mass is 35.5. The van der Waals surface area contributed by atoms with Crippen molar-refractivity contribution in [3.8, 4) is 5.75 Å². The Morgan fingerprint density at radius 3 is 2.54 bits per heavy atom. The van der Waals surface area contributed by atoms with Crippen molar-refractivity contribution in [1.29, 1.82) is 0 Å². The molecule has 35 heavy (non-hydrogen) atoms. The molecule has 0 fully saturated rings. The van der Waals surface area contributed by atoms with Crippen LogP contribution in [0.4, 0.5) is 5.69 Å². The van der Waals surface area contributed by atoms with Crippen molar-refractivity contribution >= 4 is 52.3 Å². The van der Waals surface area contributed by atoms with E-state index in [1.165, 1.54) is 22.3 Å². The summed E-state index contributed by atoms with van der Waals surface area (Å²) in [6.45, 7) is 3.01. The molecular weight excluding hydrogens is 492 g/mol. The third-order valence-corrected chi connectivity index (χ3v) is 7.07. The number of nitrogens with one attached hydrogen (secondary N) is 1. The van der Waals surface area contributed by atoms with Gasteiger partial charge >= 0.3 is 0 Å². The van der Waals surface area contributed by atoms with E-state index < -0.39 is 0 Å². The molecule has 1 N–H and O–H groups in total. The average molecular weight is 525 g/mol. The lowest BCUT2D eigenvalue weighted by atomic mass is 9.92. The van der Waals surface area contributed by atoms with E-state index in [2.05, 4.69) is 65.9 Å². The summed E-state index contributed by atoms with van der Waals surface area (Å²) in [5, 5.41) is 4.00. The Balaban J connectivity index is 0.000000287. The third-order valence-electron chi connectivity index (χ3n) is 5.94. The van der Waals surface area contributed by atoms with Crippen LogP contribution < -0.4 is 10.1 Å². The highest BCUT2D eigenvalue weighted by Gasteiger charge is 2.23. The lowest BCUT2D eigenvalue weighted by Gasteiger charge is -2.33. The van der Waals surface area contributed by atoms with Gasteiger partial charge in [-0.3, -0.25) is 0 Å². The summed E-state index contributed by atoms with van der Waals surface area (Å²) >= 11 is 13.3. The van der Waals surface area contributed by atoms with Crippen LogP contribution in [0, 0.1) is 6.92 Å². The molecule has 1 aliphatic rings. The van der Waals surface area contributed by atoms with Gasteiger partial charge in [0.2, 0.25) is 0 Å². The smallest absolute Gasteiger partial charge is 0.118 e. The van der Waals surface area contributed by atoms with Crippen molar-refractivity contribution in [3.63, 3.8) is 0 Å². The second kappa shape index (κ2) is 13.6. The normalized spacial score (nSPS) is 14.9. The summed E-state index contributed by atoms with van der Waals surface area (Å²) < 4.78 is 5.26. The maximum absolute atomic E-state index is 6.23. The largest absolute Gasteiger partial charge is 0.497 e. The van der Waals surface area contributed by atoms with E-state index in [-0.39, 0.29) is 6.04 Å². The quantitative estimate of drug-likeness (QED) is 0.315. The van der Waals surface area contributed by atoms with E-state index in [1.807, 2.05) is 49.1 Å². The Labute approximate surface area is 224 Å². The Bertz CT molecular complexity index is 1150. The zero-order valence-electron chi connectivity index (χ0n) is 20.8. The molecule has 1 aliphatic heterocycles. The molecule has 0 amide bonds. The predicted molar refractivity (Wildman–Crippen MR) is 158 cm³/mol. The number of rotatable bonds is 7. The van der Waals surface area contributed by atoms with Crippen LogP contribution in [0.3, 0.4) is 0 Å². The fourth-order valence-corrected chi connectivity index (χ4v) is 5.08. The lowest BCUT2D eigenvalue weighted by molar-refractivity contribution is 0.376. The van der Waals surface area contributed by atoms with E-state index in [0.29, 0.717) is 0 Å². The van der Waals surface area contributed by atoms with Gasteiger partial charge in [0.25, 0.3) is 0 Å². The second-order valence-electron chi connectivity index (χ2n) is 8.37. The van der Waals surface area contributed by atoms with E-state index in [4.69, 9.17) is 28.6 Å². The molecule has 0 aromatic heterocycles. The van der Waals surface area contributed by atoms with E-state index in [1.54, 1.807) is 12.6 Å². The minimum absolute atomic E-state index is 0.107. The Hall–Kier alpha value is -2.47. The molecule has 3 nitrogen and oxygen atoms in total. The SMILES string of the molecule is CNc1ccc(Cl)cc1C1=CC(c2ccc(OC)cc2)N(C=S)CC1.CSCc1cccc(C)c1. The van der Waals surface area contributed by atoms with Crippen molar-refractivity contribution in [3.05, 3.63) is 100 Å². The second-order valence-corrected chi connectivity index (χ2v) is 9.88. The van der Waals surface area contributed by atoms with Crippen molar-refractivity contribution in [2.24, 2.45) is 0 Å². The fourth-order valence-electron chi connectivity index (χ4n) is 4.16. The number of aryl methyl sites for hydroxylation is 1. The van der Waals surface area contributed by atoms with Crippen molar-refractivity contribution in [2.75, 3.05) is 32.3 Å². The maximum atomic E-state index is 6.23. The lowest BCUT2D eigenvalue weighted by Crippen LogP contribution is -2.30. The first kappa shape index (κ1) is 27.1. The molecule has 184 valence electrons. The van der Waals surface area contributed by atoms with Crippen LogP contribution >= 0.6 is 35.6 Å². The topological polar surface area (TPSA) is 24.5 Å². The van der Waals surface area contributed by atoms with Crippen LogP contribution in [0.2, 0.25) is 5.02 Å². The number of hydrogen-bond donors (Lipinski definition) is 1. The molecular formula is C29H33ClN2OS2. The van der Waals surface area contributed by atoms with Gasteiger partial charge in [-0.15, -0.1) is 0 Å². The molecule has 4 rings (SSSR count). The summed E-state index contributed by atoms with van der Waals surface area (Å²) in [5.41, 5.74) is 9.23. The van der Waals surface area contributed by atoms with Crippen LogP contribution in [0.25, 0.3) is 5.57 Å². The maximum Gasteiger partial charge on any atom is 0.118 e. The summed E-state index contributed by atoms with van der Waals surface area (Å²) in [5.74, 6) is 1.98. The molecule has 0 radical (unpaired) electrons. The molecule has 3 aromatic rings. The molecule has 0 bridgehead atoms. The standard InChI is InChI=1S/C20H21ClN2OS.C9H12S/c1-22-19-8-5-16(21)12-18(19)15-9-10-23(13-25)20(11-15)14-3-6-17(24-2)7-4-14;1-8-4-3-5-9(6-8)7-10-2/h3-8,11-13,20,22H,9-10H2,1-2H3;3-6H,7H2,1-2H3. The molecule has 0 aliphatic carbocycles. The number of thioether (sulfide) groups is 1. The van der Waals surface area contributed by atoms with Crippen LogP contribution in [-0.2, 0) is 5.75 Å². The number of nitrogens with zero attached hydrogens (tertiary/aromatic N) is 1. The van der Waals surface area contributed by atoms with Crippen molar-refractivity contribution < 1.29 is 4.74 Å². The Morgan fingerprint density at radius 1 is 1.14 bits per heavy atom. The molecule has 1 heterocycles. The molecule has 1 unspecified atom stereocenters. The predicted octanol–water partition coefficient (Wildman–Crippen LogP) is 8.04. The van der Waals surface area contributed by atoms with Crippen LogP contribution in [0.1, 0.15) is 34.7 Å². The van der Waals surface area contributed by atoms with Gasteiger partial charge in [-0.05, 0) is 66.6 Å². The van der Waals surface area contributed by atoms with Crippen LogP contribution in [-0.4, -0.2) is 37.3 Å². The molecule has 0 saturated carbocycles. The summed E-state index contributed by atoms with van der Waals surface area (Å²) in [6.07, 6.45) is 5.33. The Kier molecular flexibility index (Phi) is 10.5. The van der Waals surface area contributed by atoms with Crippen LogP contribution in [0.5, 0.6) is 5.75 Å². The third kappa shape index (κ3) is 7.50. The van der Waals surface area contributed by atoms with Crippen molar-refractivity contribution in [2.45, 2.75) is 25.1 Å². The first-order valence-corrected chi connectivity index (χ1v) is 13.8. The zero-order valence-corrected chi connectivity index (χ0v) is 23.1. The number of thiocarbonyl (C=S) groups is 1. The summed E-state index contributed by atoms with van der Waals surface area (Å²) in [6, 6.07) is 22.8. The first-order valence-electron chi connectivity index (χ1n) is 11.6. The van der Waals surface area contributed by atoms with Crippen LogP contribution in [0.15, 0.2) is 72.8 Å². The minimum atomic E-state index is 0.107. The van der Waals surface area contributed by atoms with Gasteiger partial charge in [0, 0.05) is 35.6 Å². The number of methoxy groups -OCH3 is 1. The number of benzene rings is 3. The van der Waals surface area contributed by atoms with Gasteiger partial charge < -0.3 is 15.0 Å². The zero-order chi connectivity index (χ0) is 25.2. The summed E-state index contributed by atoms with van der Waals surface area (Å²) in [4.78, 5) is 2.18. The molecule has 1 atom stereocenters. The number of halogens is 1. The van der Waals surface area contributed by atoms with Gasteiger partial charge in [0.1, 0.15) is 5.75 Å². The minimum Gasteiger partial charge on any atom is -0.497 e. The Morgan fingerprint density at radius 2 is 1.91 bits per heavy atom. The van der Waals surface area contributed by atoms with Gasteiger partial charge in [-0.25, -0.2) is 0 Å². The van der Waals surface area contributed by atoms with Crippen molar-refractivity contribution in [1.82, 2.24) is 4.90 Å². The van der Waals surface area contributed by atoms with E-state index in [9.17, 15) is 0 Å². The van der Waals surface area contributed by atoms with Gasteiger partial charge in [-0.1, -0.05) is 71.9 Å². The molecule has 6 heteroatoms. The molecule has 0 spiro atoms. The van der Waals surface area contributed by atoms with Gasteiger partial charge in [0.15, 0.2) is 0 Å². The highest BCUT2D eigenvalue weighted by Crippen LogP contribution is 2.37. The fraction of sp³-hybridized carbons (Fsp3) is 0.276. The van der Waals surface area contributed by atoms with E-state index in [0.717, 1.165) is 40.7 Å². The van der Waals surface area contributed by atoms with Gasteiger partial charge in [-0.2, -0.15) is 11.8 Å².